The van der Waals surface area contributed by atoms with E-state index < -0.39 is 12.1 Å². The second-order valence-corrected chi connectivity index (χ2v) is 8.41. The van der Waals surface area contributed by atoms with Gasteiger partial charge in [-0.05, 0) is 55.5 Å². The molecule has 0 aliphatic carbocycles. The van der Waals surface area contributed by atoms with Gasteiger partial charge in [0.1, 0.15) is 24.0 Å². The van der Waals surface area contributed by atoms with E-state index in [1.54, 1.807) is 41.4 Å². The molecule has 3 N–H and O–H groups in total. The zero-order valence-electron chi connectivity index (χ0n) is 19.6. The lowest BCUT2D eigenvalue weighted by Crippen LogP contribution is -2.45. The number of aromatic nitrogens is 2. The third kappa shape index (κ3) is 5.76. The number of rotatable bonds is 7. The van der Waals surface area contributed by atoms with E-state index in [4.69, 9.17) is 9.84 Å². The van der Waals surface area contributed by atoms with Crippen molar-refractivity contribution in [1.82, 2.24) is 14.9 Å². The van der Waals surface area contributed by atoms with Crippen molar-refractivity contribution in [2.24, 2.45) is 0 Å². The van der Waals surface area contributed by atoms with E-state index in [0.717, 1.165) is 0 Å². The summed E-state index contributed by atoms with van der Waals surface area (Å²) in [5, 5.41) is 31.3. The molecule has 10 nitrogen and oxygen atoms in total. The molecule has 36 heavy (non-hydrogen) atoms. The Morgan fingerprint density at radius 3 is 2.53 bits per heavy atom. The first-order chi connectivity index (χ1) is 17.3. The average molecular weight is 488 g/mol. The zero-order valence-corrected chi connectivity index (χ0v) is 19.6. The Hall–Kier alpha value is -4.49. The van der Waals surface area contributed by atoms with Crippen molar-refractivity contribution in [3.63, 3.8) is 0 Å². The molecule has 3 aromatic rings. The Balaban J connectivity index is 1.44. The smallest absolute Gasteiger partial charge is 0.335 e. The van der Waals surface area contributed by atoms with E-state index in [1.165, 1.54) is 19.1 Å². The number of hydrogen-bond acceptors (Lipinski definition) is 8. The average Bonchev–Trinajstić information content (AvgIpc) is 2.89. The van der Waals surface area contributed by atoms with Gasteiger partial charge in [-0.15, -0.1) is 0 Å². The van der Waals surface area contributed by atoms with Crippen LogP contribution in [0.4, 0.5) is 11.6 Å². The predicted molar refractivity (Wildman–Crippen MR) is 131 cm³/mol. The second-order valence-electron chi connectivity index (χ2n) is 8.41. The molecule has 184 valence electrons. The number of nitrogens with one attached hydrogen (secondary N) is 1. The molecule has 1 aliphatic heterocycles. The van der Waals surface area contributed by atoms with Crippen LogP contribution in [0.5, 0.6) is 5.75 Å². The van der Waals surface area contributed by atoms with E-state index in [-0.39, 0.29) is 17.6 Å². The number of benzene rings is 2. The van der Waals surface area contributed by atoms with Crippen LogP contribution >= 0.6 is 0 Å². The molecule has 10 heteroatoms. The lowest BCUT2D eigenvalue weighted by molar-refractivity contribution is -0.141. The number of aliphatic hydroxyl groups is 1. The topological polar surface area (TPSA) is 149 Å². The highest BCUT2D eigenvalue weighted by molar-refractivity contribution is 5.88. The number of aliphatic hydroxyl groups excluding tert-OH is 1. The first kappa shape index (κ1) is 24.6. The van der Waals surface area contributed by atoms with Gasteiger partial charge in [-0.25, -0.2) is 14.8 Å². The number of piperidine rings is 1. The molecule has 2 heterocycles. The summed E-state index contributed by atoms with van der Waals surface area (Å²) in [6.45, 7) is 2.44. The van der Waals surface area contributed by atoms with Crippen LogP contribution < -0.4 is 10.1 Å². The Labute approximate surface area is 207 Å². The fourth-order valence-corrected chi connectivity index (χ4v) is 3.92. The van der Waals surface area contributed by atoms with E-state index in [2.05, 4.69) is 21.4 Å². The Morgan fingerprint density at radius 1 is 1.17 bits per heavy atom. The highest BCUT2D eigenvalue weighted by Gasteiger charge is 2.26. The number of nitriles is 1. The molecule has 1 atom stereocenters. The maximum Gasteiger partial charge on any atom is 0.335 e. The largest absolute Gasteiger partial charge is 0.489 e. The van der Waals surface area contributed by atoms with Gasteiger partial charge in [0, 0.05) is 43.4 Å². The van der Waals surface area contributed by atoms with Crippen molar-refractivity contribution in [3.8, 4) is 23.1 Å². The van der Waals surface area contributed by atoms with Gasteiger partial charge in [0.25, 0.3) is 5.91 Å². The van der Waals surface area contributed by atoms with Gasteiger partial charge in [0.15, 0.2) is 0 Å². The lowest BCUT2D eigenvalue weighted by atomic mass is 10.1. The van der Waals surface area contributed by atoms with Gasteiger partial charge >= 0.3 is 5.97 Å². The van der Waals surface area contributed by atoms with Crippen LogP contribution in [0.25, 0.3) is 11.3 Å². The number of amides is 1. The van der Waals surface area contributed by atoms with Crippen LogP contribution in [0.15, 0.2) is 54.7 Å². The van der Waals surface area contributed by atoms with E-state index in [0.29, 0.717) is 60.1 Å². The minimum atomic E-state index is -1.02. The van der Waals surface area contributed by atoms with Crippen LogP contribution in [0.1, 0.15) is 35.7 Å². The van der Waals surface area contributed by atoms with Gasteiger partial charge in [-0.2, -0.15) is 5.26 Å². The van der Waals surface area contributed by atoms with Gasteiger partial charge in [-0.3, -0.25) is 4.79 Å². The van der Waals surface area contributed by atoms with Crippen molar-refractivity contribution < 1.29 is 24.5 Å². The number of anilines is 2. The molecule has 0 bridgehead atoms. The summed E-state index contributed by atoms with van der Waals surface area (Å²) in [4.78, 5) is 33.3. The summed E-state index contributed by atoms with van der Waals surface area (Å²) in [5.74, 6) is -0.496. The molecule has 4 rings (SSSR count). The normalized spacial score (nSPS) is 14.5. The minimum Gasteiger partial charge on any atom is -0.489 e. The van der Waals surface area contributed by atoms with Crippen LogP contribution in [-0.2, 0) is 4.79 Å². The van der Waals surface area contributed by atoms with Crippen molar-refractivity contribution in [2.75, 3.05) is 18.4 Å². The summed E-state index contributed by atoms with van der Waals surface area (Å²) in [6, 6.07) is 15.4. The van der Waals surface area contributed by atoms with E-state index >= 15 is 0 Å². The Kier molecular flexibility index (Phi) is 7.42. The minimum absolute atomic E-state index is 0.136. The van der Waals surface area contributed by atoms with Crippen molar-refractivity contribution in [3.05, 3.63) is 65.9 Å². The zero-order chi connectivity index (χ0) is 25.7. The molecule has 0 radical (unpaired) electrons. The van der Waals surface area contributed by atoms with Crippen molar-refractivity contribution >= 4 is 23.5 Å². The third-order valence-corrected chi connectivity index (χ3v) is 5.84. The second kappa shape index (κ2) is 10.8. The number of carbonyl (C=O) groups is 2. The number of ether oxygens (including phenoxy) is 1. The molecule has 1 saturated heterocycles. The summed E-state index contributed by atoms with van der Waals surface area (Å²) in [5.41, 5.74) is 2.50. The summed E-state index contributed by atoms with van der Waals surface area (Å²) in [7, 11) is 0. The fourth-order valence-electron chi connectivity index (χ4n) is 3.92. The van der Waals surface area contributed by atoms with Gasteiger partial charge in [0.05, 0.1) is 16.8 Å². The number of carboxylic acids is 1. The maximum absolute atomic E-state index is 12.0. The predicted octanol–water partition coefficient (Wildman–Crippen LogP) is 3.21. The number of likely N-dealkylation sites (tertiary alicyclic amines) is 1. The van der Waals surface area contributed by atoms with Crippen molar-refractivity contribution in [1.29, 1.82) is 5.26 Å². The number of carboxylic acid groups (broad SMARTS) is 1. The molecule has 1 amide bonds. The van der Waals surface area contributed by atoms with Crippen LogP contribution in [0.2, 0.25) is 0 Å². The first-order valence-corrected chi connectivity index (χ1v) is 11.5. The van der Waals surface area contributed by atoms with Gasteiger partial charge in [-0.1, -0.05) is 0 Å². The number of carbonyl (C=O) groups excluding carboxylic acids is 1. The molecule has 1 aliphatic rings. The monoisotopic (exact) mass is 487 g/mol. The van der Waals surface area contributed by atoms with Crippen LogP contribution in [-0.4, -0.2) is 62.3 Å². The molecule has 0 spiro atoms. The standard InChI is InChI=1S/C26H25N5O5/c1-16(32)24(33)31-12-9-21(10-13-31)36-23-7-4-18(14-19(23)15-27)22-8-11-28-26(30-22)29-20-5-2-17(3-6-20)25(34)35/h2-8,11,14,16,21,32H,9-10,12-13H2,1H3,(H,34,35)(H,28,29,30). The molecule has 1 aromatic heterocycles. The molecule has 0 saturated carbocycles. The molecule has 1 fully saturated rings. The highest BCUT2D eigenvalue weighted by Crippen LogP contribution is 2.28. The highest BCUT2D eigenvalue weighted by atomic mass is 16.5. The van der Waals surface area contributed by atoms with Crippen LogP contribution in [0, 0.1) is 11.3 Å². The SMILES string of the molecule is CC(O)C(=O)N1CCC(Oc2ccc(-c3ccnc(Nc4ccc(C(=O)O)cc4)n3)cc2C#N)CC1. The summed E-state index contributed by atoms with van der Waals surface area (Å²) in [6.07, 6.45) is 1.66. The number of hydrogen-bond donors (Lipinski definition) is 3. The molecular formula is C26H25N5O5. The summed E-state index contributed by atoms with van der Waals surface area (Å²) < 4.78 is 6.08. The Bertz CT molecular complexity index is 1290. The number of nitrogens with zero attached hydrogens (tertiary/aromatic N) is 4. The third-order valence-electron chi connectivity index (χ3n) is 5.84. The van der Waals surface area contributed by atoms with E-state index in [1.807, 2.05) is 6.07 Å². The molecular weight excluding hydrogens is 462 g/mol. The van der Waals surface area contributed by atoms with Crippen molar-refractivity contribution in [2.45, 2.75) is 32.0 Å². The molecule has 1 unspecified atom stereocenters. The van der Waals surface area contributed by atoms with Crippen LogP contribution in [0.3, 0.4) is 0 Å². The lowest BCUT2D eigenvalue weighted by Gasteiger charge is -2.33. The maximum atomic E-state index is 12.0. The Morgan fingerprint density at radius 2 is 1.89 bits per heavy atom. The number of aromatic carboxylic acids is 1. The van der Waals surface area contributed by atoms with E-state index in [9.17, 15) is 20.0 Å². The van der Waals surface area contributed by atoms with Gasteiger partial charge < -0.3 is 25.2 Å². The summed E-state index contributed by atoms with van der Waals surface area (Å²) >= 11 is 0. The quantitative estimate of drug-likeness (QED) is 0.457. The first-order valence-electron chi connectivity index (χ1n) is 11.5. The fraction of sp³-hybridized carbons (Fsp3) is 0.269. The molecule has 2 aromatic carbocycles. The van der Waals surface area contributed by atoms with Gasteiger partial charge in [0.2, 0.25) is 5.95 Å².